The van der Waals surface area contributed by atoms with Gasteiger partial charge in [-0.1, -0.05) is 6.92 Å². The molecular weight excluding hydrogens is 274 g/mol. The van der Waals surface area contributed by atoms with Crippen LogP contribution >= 0.6 is 0 Å². The number of hydrogen-bond donors (Lipinski definition) is 3. The van der Waals surface area contributed by atoms with Gasteiger partial charge in [0, 0.05) is 13.0 Å². The smallest absolute Gasteiger partial charge is 0.242 e. The number of carbonyl (C=O) groups is 3. The number of aliphatic hydroxyl groups excluding tert-OH is 1. The number of hydrogen-bond acceptors (Lipinski definition) is 5. The summed E-state index contributed by atoms with van der Waals surface area (Å²) in [5.74, 6) is -1.70. The monoisotopic (exact) mass is 297 g/mol. The Bertz CT molecular complexity index is 465. The van der Waals surface area contributed by atoms with E-state index in [4.69, 9.17) is 5.73 Å². The number of nitrogens with one attached hydrogen (secondary N) is 1. The first-order valence-corrected chi connectivity index (χ1v) is 7.38. The van der Waals surface area contributed by atoms with Crippen LogP contribution in [0.3, 0.4) is 0 Å². The molecule has 7 heteroatoms. The summed E-state index contributed by atoms with van der Waals surface area (Å²) in [6, 6.07) is -0.373. The van der Waals surface area contributed by atoms with E-state index >= 15 is 0 Å². The van der Waals surface area contributed by atoms with Crippen LogP contribution in [0.1, 0.15) is 33.1 Å². The Labute approximate surface area is 123 Å². The van der Waals surface area contributed by atoms with E-state index < -0.39 is 23.5 Å². The third-order valence-electron chi connectivity index (χ3n) is 4.80. The average molecular weight is 297 g/mol. The number of Topliss-reactive ketones (excluding diaryl/α,β-unsaturated/α-hetero) is 1. The topological polar surface area (TPSA) is 113 Å². The van der Waals surface area contributed by atoms with Gasteiger partial charge in [0.2, 0.25) is 11.8 Å². The Hall–Kier alpha value is -1.47. The molecule has 0 saturated carbocycles. The van der Waals surface area contributed by atoms with E-state index in [-0.39, 0.29) is 24.2 Å². The van der Waals surface area contributed by atoms with Gasteiger partial charge in [-0.05, 0) is 26.3 Å². The predicted octanol–water partition coefficient (Wildman–Crippen LogP) is -1.22. The van der Waals surface area contributed by atoms with E-state index in [1.165, 1.54) is 6.92 Å². The maximum absolute atomic E-state index is 12.5. The van der Waals surface area contributed by atoms with Crippen molar-refractivity contribution >= 4 is 17.6 Å². The van der Waals surface area contributed by atoms with Gasteiger partial charge in [-0.2, -0.15) is 0 Å². The Morgan fingerprint density at radius 3 is 2.62 bits per heavy atom. The highest BCUT2D eigenvalue weighted by Gasteiger charge is 2.57. The molecule has 2 fully saturated rings. The zero-order chi connectivity index (χ0) is 15.8. The van der Waals surface area contributed by atoms with Crippen molar-refractivity contribution in [2.75, 3.05) is 13.1 Å². The largest absolute Gasteiger partial charge is 0.393 e. The van der Waals surface area contributed by atoms with Crippen LogP contribution in [0, 0.1) is 5.92 Å². The molecule has 2 aliphatic heterocycles. The van der Waals surface area contributed by atoms with Crippen molar-refractivity contribution in [3.8, 4) is 0 Å². The zero-order valence-corrected chi connectivity index (χ0v) is 12.5. The van der Waals surface area contributed by atoms with Gasteiger partial charge in [0.25, 0.3) is 0 Å². The van der Waals surface area contributed by atoms with E-state index in [2.05, 4.69) is 5.32 Å². The van der Waals surface area contributed by atoms with Gasteiger partial charge in [-0.3, -0.25) is 19.3 Å². The number of carbonyl (C=O) groups excluding carboxylic acids is 3. The first kappa shape index (κ1) is 15.9. The second-order valence-electron chi connectivity index (χ2n) is 5.97. The lowest BCUT2D eigenvalue weighted by atomic mass is 9.88. The van der Waals surface area contributed by atoms with E-state index in [0.29, 0.717) is 25.9 Å². The number of likely N-dealkylation sites (N-methyl/N-ethyl adjacent to an activating group) is 1. The van der Waals surface area contributed by atoms with Crippen LogP contribution in [0.2, 0.25) is 0 Å². The number of ketones is 1. The number of nitrogens with two attached hydrogens (primary N) is 1. The standard InChI is InChI=1S/C14H23N3O4/c1-3-17-10(4-5-14(17)7-16-13(14)21)11(19)6-9(8(2)18)12(15)20/h8-10,18H,3-7H2,1-2H3,(H2,15,20)(H,16,21)/t8-,9+,10?,14?/m1/s1. The van der Waals surface area contributed by atoms with Crippen molar-refractivity contribution in [1.29, 1.82) is 0 Å². The summed E-state index contributed by atoms with van der Waals surface area (Å²) < 4.78 is 0. The number of amides is 2. The molecular formula is C14H23N3O4. The second-order valence-corrected chi connectivity index (χ2v) is 5.97. The summed E-state index contributed by atoms with van der Waals surface area (Å²) in [5, 5.41) is 12.3. The van der Waals surface area contributed by atoms with Crippen molar-refractivity contribution in [1.82, 2.24) is 10.2 Å². The number of primary amides is 1. The van der Waals surface area contributed by atoms with E-state index in [1.807, 2.05) is 11.8 Å². The van der Waals surface area contributed by atoms with Gasteiger partial charge >= 0.3 is 0 Å². The molecule has 0 bridgehead atoms. The quantitative estimate of drug-likeness (QED) is 0.532. The lowest BCUT2D eigenvalue weighted by Gasteiger charge is -2.45. The summed E-state index contributed by atoms with van der Waals surface area (Å²) in [4.78, 5) is 37.6. The summed E-state index contributed by atoms with van der Waals surface area (Å²) in [7, 11) is 0. The average Bonchev–Trinajstić information content (AvgIpc) is 2.83. The third kappa shape index (κ3) is 2.55. The number of likely N-dealkylation sites (tertiary alicyclic amines) is 1. The molecule has 4 N–H and O–H groups in total. The van der Waals surface area contributed by atoms with E-state index in [1.54, 1.807) is 0 Å². The summed E-state index contributed by atoms with van der Waals surface area (Å²) in [6.07, 6.45) is 0.222. The Balaban J connectivity index is 2.09. The number of aliphatic hydroxyl groups is 1. The Morgan fingerprint density at radius 1 is 1.57 bits per heavy atom. The molecule has 2 saturated heterocycles. The van der Waals surface area contributed by atoms with Crippen LogP contribution in [0.4, 0.5) is 0 Å². The van der Waals surface area contributed by atoms with Crippen LogP contribution in [0.15, 0.2) is 0 Å². The van der Waals surface area contributed by atoms with Gasteiger partial charge < -0.3 is 16.2 Å². The molecule has 0 aromatic rings. The van der Waals surface area contributed by atoms with Crippen molar-refractivity contribution in [3.63, 3.8) is 0 Å². The lowest BCUT2D eigenvalue weighted by Crippen LogP contribution is -2.71. The minimum atomic E-state index is -0.955. The predicted molar refractivity (Wildman–Crippen MR) is 75.1 cm³/mol. The molecule has 0 aromatic heterocycles. The van der Waals surface area contributed by atoms with Crippen molar-refractivity contribution in [2.24, 2.45) is 11.7 Å². The van der Waals surface area contributed by atoms with Crippen LogP contribution in [0.25, 0.3) is 0 Å². The normalized spacial score (nSPS) is 31.6. The van der Waals surface area contributed by atoms with Crippen LogP contribution in [-0.4, -0.2) is 58.4 Å². The highest BCUT2D eigenvalue weighted by atomic mass is 16.3. The summed E-state index contributed by atoms with van der Waals surface area (Å²) >= 11 is 0. The first-order chi connectivity index (χ1) is 9.83. The summed E-state index contributed by atoms with van der Waals surface area (Å²) in [6.45, 7) is 4.54. The van der Waals surface area contributed by atoms with Crippen molar-refractivity contribution in [3.05, 3.63) is 0 Å². The molecule has 2 heterocycles. The molecule has 7 nitrogen and oxygen atoms in total. The van der Waals surface area contributed by atoms with Crippen molar-refractivity contribution < 1.29 is 19.5 Å². The zero-order valence-electron chi connectivity index (χ0n) is 12.5. The van der Waals surface area contributed by atoms with E-state index in [0.717, 1.165) is 0 Å². The molecule has 0 aliphatic carbocycles. The number of rotatable bonds is 6. The lowest BCUT2D eigenvalue weighted by molar-refractivity contribution is -0.144. The molecule has 0 radical (unpaired) electrons. The van der Waals surface area contributed by atoms with Gasteiger partial charge in [-0.25, -0.2) is 0 Å². The van der Waals surface area contributed by atoms with Gasteiger partial charge in [0.15, 0.2) is 5.78 Å². The van der Waals surface area contributed by atoms with Crippen molar-refractivity contribution in [2.45, 2.75) is 50.8 Å². The molecule has 21 heavy (non-hydrogen) atoms. The van der Waals surface area contributed by atoms with Crippen LogP contribution in [0.5, 0.6) is 0 Å². The van der Waals surface area contributed by atoms with Gasteiger partial charge in [0.1, 0.15) is 5.54 Å². The minimum Gasteiger partial charge on any atom is -0.393 e. The molecule has 0 aromatic carbocycles. The van der Waals surface area contributed by atoms with Gasteiger partial charge in [0.05, 0.1) is 18.1 Å². The second kappa shape index (κ2) is 5.73. The molecule has 2 amide bonds. The summed E-state index contributed by atoms with van der Waals surface area (Å²) in [5.41, 5.74) is 4.68. The molecule has 2 rings (SSSR count). The minimum absolute atomic E-state index is 0.0263. The molecule has 118 valence electrons. The van der Waals surface area contributed by atoms with Crippen LogP contribution in [-0.2, 0) is 14.4 Å². The molecule has 1 spiro atoms. The maximum atomic E-state index is 12.5. The third-order valence-corrected chi connectivity index (χ3v) is 4.80. The SMILES string of the molecule is CCN1C(C(=O)C[C@H](C(N)=O)[C@@H](C)O)CCC12CNC2=O. The fourth-order valence-corrected chi connectivity index (χ4v) is 3.49. The number of nitrogens with zero attached hydrogens (tertiary/aromatic N) is 1. The first-order valence-electron chi connectivity index (χ1n) is 7.38. The maximum Gasteiger partial charge on any atom is 0.242 e. The molecule has 4 atom stereocenters. The van der Waals surface area contributed by atoms with Crippen LogP contribution < -0.4 is 11.1 Å². The highest BCUT2D eigenvalue weighted by Crippen LogP contribution is 2.38. The molecule has 2 aliphatic rings. The van der Waals surface area contributed by atoms with E-state index in [9.17, 15) is 19.5 Å². The fraction of sp³-hybridized carbons (Fsp3) is 0.786. The van der Waals surface area contributed by atoms with Gasteiger partial charge in [-0.15, -0.1) is 0 Å². The highest BCUT2D eigenvalue weighted by molar-refractivity contribution is 5.96. The Morgan fingerprint density at radius 2 is 2.24 bits per heavy atom. The fourth-order valence-electron chi connectivity index (χ4n) is 3.49. The number of β-lactam (4-membered cyclic amide) rings is 1. The molecule has 2 unspecified atom stereocenters. The Kier molecular flexibility index (Phi) is 4.34.